The number of rotatable bonds is 6. The van der Waals surface area contributed by atoms with Gasteiger partial charge in [-0.05, 0) is 17.4 Å². The van der Waals surface area contributed by atoms with Gasteiger partial charge >= 0.3 is 0 Å². The lowest BCUT2D eigenvalue weighted by Crippen LogP contribution is -2.38. The van der Waals surface area contributed by atoms with E-state index in [2.05, 4.69) is 31.3 Å². The van der Waals surface area contributed by atoms with Crippen LogP contribution >= 0.6 is 0 Å². The molecule has 1 aromatic rings. The second kappa shape index (κ2) is 6.37. The van der Waals surface area contributed by atoms with Gasteiger partial charge in [-0.1, -0.05) is 44.2 Å². The van der Waals surface area contributed by atoms with Crippen LogP contribution in [-0.4, -0.2) is 37.6 Å². The van der Waals surface area contributed by atoms with E-state index in [-0.39, 0.29) is 17.5 Å². The molecule has 1 atom stereocenters. The van der Waals surface area contributed by atoms with Crippen molar-refractivity contribution in [2.75, 3.05) is 26.8 Å². The zero-order chi connectivity index (χ0) is 14.6. The smallest absolute Gasteiger partial charge is 0.238 e. The second-order valence-corrected chi connectivity index (χ2v) is 6.12. The highest BCUT2D eigenvalue weighted by molar-refractivity contribution is 5.81. The Morgan fingerprint density at radius 1 is 1.35 bits per heavy atom. The van der Waals surface area contributed by atoms with Gasteiger partial charge in [-0.2, -0.15) is 0 Å². The minimum Gasteiger partial charge on any atom is -0.385 e. The summed E-state index contributed by atoms with van der Waals surface area (Å²) in [6, 6.07) is 10.1. The number of methoxy groups -OCH3 is 1. The van der Waals surface area contributed by atoms with E-state index >= 15 is 0 Å². The molecule has 0 aliphatic carbocycles. The van der Waals surface area contributed by atoms with Crippen LogP contribution in [0, 0.1) is 5.41 Å². The third-order valence-electron chi connectivity index (χ3n) is 3.78. The van der Waals surface area contributed by atoms with Crippen LogP contribution in [0.5, 0.6) is 0 Å². The molecule has 1 saturated heterocycles. The van der Waals surface area contributed by atoms with Gasteiger partial charge in [0.05, 0.1) is 6.54 Å². The molecule has 1 N–H and O–H groups in total. The number of benzene rings is 1. The zero-order valence-corrected chi connectivity index (χ0v) is 12.6. The van der Waals surface area contributed by atoms with Gasteiger partial charge in [-0.15, -0.1) is 0 Å². The maximum Gasteiger partial charge on any atom is 0.238 e. The predicted octanol–water partition coefficient (Wildman–Crippen LogP) is 2.18. The van der Waals surface area contributed by atoms with Gasteiger partial charge in [0.1, 0.15) is 6.17 Å². The molecule has 20 heavy (non-hydrogen) atoms. The lowest BCUT2D eigenvalue weighted by atomic mass is 9.88. The summed E-state index contributed by atoms with van der Waals surface area (Å²) in [4.78, 5) is 14.1. The van der Waals surface area contributed by atoms with Crippen LogP contribution in [0.25, 0.3) is 0 Å². The number of carbonyl (C=O) groups is 1. The summed E-state index contributed by atoms with van der Waals surface area (Å²) in [5, 5.41) is 3.30. The third kappa shape index (κ3) is 3.58. The number of nitrogens with one attached hydrogen (secondary N) is 1. The van der Waals surface area contributed by atoms with Crippen LogP contribution in [0.15, 0.2) is 30.3 Å². The maximum atomic E-state index is 12.1. The van der Waals surface area contributed by atoms with Crippen molar-refractivity contribution in [1.29, 1.82) is 0 Å². The predicted molar refractivity (Wildman–Crippen MR) is 79.2 cm³/mol. The molecule has 110 valence electrons. The summed E-state index contributed by atoms with van der Waals surface area (Å²) in [5.41, 5.74) is 1.19. The fourth-order valence-corrected chi connectivity index (χ4v) is 2.57. The number of hydrogen-bond acceptors (Lipinski definition) is 3. The zero-order valence-electron chi connectivity index (χ0n) is 12.6. The Hall–Kier alpha value is -1.39. The summed E-state index contributed by atoms with van der Waals surface area (Å²) < 4.78 is 5.16. The first-order chi connectivity index (χ1) is 9.53. The van der Waals surface area contributed by atoms with Crippen molar-refractivity contribution in [1.82, 2.24) is 10.2 Å². The van der Waals surface area contributed by atoms with Crippen LogP contribution in [0.1, 0.15) is 32.0 Å². The third-order valence-corrected chi connectivity index (χ3v) is 3.78. The molecule has 1 heterocycles. The van der Waals surface area contributed by atoms with Crippen LogP contribution in [0.4, 0.5) is 0 Å². The average molecular weight is 276 g/mol. The Labute approximate surface area is 121 Å². The Balaban J connectivity index is 2.09. The Bertz CT molecular complexity index is 445. The fourth-order valence-electron chi connectivity index (χ4n) is 2.57. The fraction of sp³-hybridized carbons (Fsp3) is 0.562. The number of nitrogens with zero attached hydrogens (tertiary/aromatic N) is 1. The van der Waals surface area contributed by atoms with Crippen molar-refractivity contribution < 1.29 is 9.53 Å². The molecule has 1 unspecified atom stereocenters. The molecule has 1 aromatic carbocycles. The molecule has 0 spiro atoms. The SMILES string of the molecule is COCCC(C)(C)CN1C(=O)CNC1c1ccccc1. The van der Waals surface area contributed by atoms with Crippen molar-refractivity contribution in [3.05, 3.63) is 35.9 Å². The molecular weight excluding hydrogens is 252 g/mol. The number of amides is 1. The van der Waals surface area contributed by atoms with Gasteiger partial charge in [0, 0.05) is 20.3 Å². The molecule has 4 nitrogen and oxygen atoms in total. The molecule has 1 aliphatic rings. The molecular formula is C16H24N2O2. The highest BCUT2D eigenvalue weighted by Crippen LogP contribution is 2.29. The molecule has 1 fully saturated rings. The van der Waals surface area contributed by atoms with E-state index in [4.69, 9.17) is 4.74 Å². The average Bonchev–Trinajstić information content (AvgIpc) is 2.79. The van der Waals surface area contributed by atoms with Gasteiger partial charge in [0.2, 0.25) is 5.91 Å². The minimum absolute atomic E-state index is 0.00878. The quantitative estimate of drug-likeness (QED) is 0.866. The molecule has 4 heteroatoms. The van der Waals surface area contributed by atoms with Crippen molar-refractivity contribution >= 4 is 5.91 Å². The van der Waals surface area contributed by atoms with E-state index in [0.717, 1.165) is 25.1 Å². The molecule has 0 aromatic heterocycles. The van der Waals surface area contributed by atoms with Crippen molar-refractivity contribution in [2.24, 2.45) is 5.41 Å². The van der Waals surface area contributed by atoms with Gasteiger partial charge < -0.3 is 9.64 Å². The van der Waals surface area contributed by atoms with E-state index in [1.54, 1.807) is 7.11 Å². The van der Waals surface area contributed by atoms with Crippen LogP contribution < -0.4 is 5.32 Å². The van der Waals surface area contributed by atoms with E-state index in [1.807, 2.05) is 23.1 Å². The van der Waals surface area contributed by atoms with Crippen LogP contribution in [0.2, 0.25) is 0 Å². The van der Waals surface area contributed by atoms with Gasteiger partial charge in [-0.25, -0.2) is 0 Å². The summed E-state index contributed by atoms with van der Waals surface area (Å²) in [7, 11) is 1.71. The van der Waals surface area contributed by atoms with Crippen molar-refractivity contribution in [3.8, 4) is 0 Å². The Morgan fingerprint density at radius 2 is 2.05 bits per heavy atom. The molecule has 1 aliphatic heterocycles. The maximum absolute atomic E-state index is 12.1. The number of ether oxygens (including phenoxy) is 1. The lowest BCUT2D eigenvalue weighted by Gasteiger charge is -2.33. The van der Waals surface area contributed by atoms with Crippen LogP contribution in [0.3, 0.4) is 0 Å². The first-order valence-corrected chi connectivity index (χ1v) is 7.10. The highest BCUT2D eigenvalue weighted by atomic mass is 16.5. The summed E-state index contributed by atoms with van der Waals surface area (Å²) >= 11 is 0. The topological polar surface area (TPSA) is 41.6 Å². The first kappa shape index (κ1) is 15.0. The highest BCUT2D eigenvalue weighted by Gasteiger charge is 2.35. The van der Waals surface area contributed by atoms with Gasteiger partial charge in [-0.3, -0.25) is 10.1 Å². The largest absolute Gasteiger partial charge is 0.385 e. The normalized spacial score (nSPS) is 19.6. The molecule has 0 bridgehead atoms. The standard InChI is InChI=1S/C16H24N2O2/c1-16(2,9-10-20-3)12-18-14(19)11-17-15(18)13-7-5-4-6-8-13/h4-8,15,17H,9-12H2,1-3H3. The first-order valence-electron chi connectivity index (χ1n) is 7.10. The summed E-state index contributed by atoms with van der Waals surface area (Å²) in [6.07, 6.45) is 0.930. The molecule has 2 rings (SSSR count). The number of carbonyl (C=O) groups excluding carboxylic acids is 1. The minimum atomic E-state index is -0.00878. The van der Waals surface area contributed by atoms with Gasteiger partial charge in [0.15, 0.2) is 0 Å². The summed E-state index contributed by atoms with van der Waals surface area (Å²) in [6.45, 7) is 6.24. The second-order valence-electron chi connectivity index (χ2n) is 6.12. The van der Waals surface area contributed by atoms with Crippen LogP contribution in [-0.2, 0) is 9.53 Å². The van der Waals surface area contributed by atoms with E-state index < -0.39 is 0 Å². The monoisotopic (exact) mass is 276 g/mol. The molecule has 0 saturated carbocycles. The van der Waals surface area contributed by atoms with E-state index in [1.165, 1.54) is 0 Å². The van der Waals surface area contributed by atoms with E-state index in [9.17, 15) is 4.79 Å². The van der Waals surface area contributed by atoms with Crippen molar-refractivity contribution in [3.63, 3.8) is 0 Å². The Morgan fingerprint density at radius 3 is 2.70 bits per heavy atom. The Kier molecular flexibility index (Phi) is 4.78. The van der Waals surface area contributed by atoms with Gasteiger partial charge in [0.25, 0.3) is 0 Å². The molecule has 1 amide bonds. The lowest BCUT2D eigenvalue weighted by molar-refractivity contribution is -0.129. The number of hydrogen-bond donors (Lipinski definition) is 1. The van der Waals surface area contributed by atoms with E-state index in [0.29, 0.717) is 6.54 Å². The molecule has 0 radical (unpaired) electrons. The summed E-state index contributed by atoms with van der Waals surface area (Å²) in [5.74, 6) is 0.171. The van der Waals surface area contributed by atoms with Crippen molar-refractivity contribution in [2.45, 2.75) is 26.4 Å².